The van der Waals surface area contributed by atoms with Crippen molar-refractivity contribution in [1.29, 1.82) is 0 Å². The summed E-state index contributed by atoms with van der Waals surface area (Å²) in [4.78, 5) is 0. The Bertz CT molecular complexity index is 458. The van der Waals surface area contributed by atoms with Gasteiger partial charge in [-0.3, -0.25) is 4.57 Å². The van der Waals surface area contributed by atoms with Crippen LogP contribution in [0.2, 0.25) is 0 Å². The van der Waals surface area contributed by atoms with Crippen LogP contribution in [0, 0.1) is 6.92 Å². The molecule has 1 rings (SSSR count). The van der Waals surface area contributed by atoms with E-state index >= 15 is 0 Å². The lowest BCUT2D eigenvalue weighted by molar-refractivity contribution is 0.547. The summed E-state index contributed by atoms with van der Waals surface area (Å²) in [6.45, 7) is 8.02. The van der Waals surface area contributed by atoms with Crippen molar-refractivity contribution in [2.24, 2.45) is 0 Å². The average Bonchev–Trinajstić information content (AvgIpc) is 2.57. The molecular formula is C19H36N3OP. The molecule has 0 unspecified atom stereocenters. The normalized spacial score (nSPS) is 11.6. The van der Waals surface area contributed by atoms with Crippen LogP contribution in [-0.4, -0.2) is 13.1 Å². The Morgan fingerprint density at radius 3 is 1.75 bits per heavy atom. The molecule has 0 amide bonds. The Morgan fingerprint density at radius 1 is 0.792 bits per heavy atom. The van der Waals surface area contributed by atoms with Crippen LogP contribution in [0.1, 0.15) is 70.8 Å². The van der Waals surface area contributed by atoms with Crippen LogP contribution in [0.5, 0.6) is 0 Å². The van der Waals surface area contributed by atoms with Crippen LogP contribution in [0.3, 0.4) is 0 Å². The Hall–Kier alpha value is -0.830. The van der Waals surface area contributed by atoms with Gasteiger partial charge < -0.3 is 5.09 Å². The summed E-state index contributed by atoms with van der Waals surface area (Å²) < 4.78 is 13.2. The molecule has 0 radical (unpaired) electrons. The lowest BCUT2D eigenvalue weighted by Gasteiger charge is -2.23. The second-order valence-electron chi connectivity index (χ2n) is 6.52. The van der Waals surface area contributed by atoms with Crippen molar-refractivity contribution in [2.45, 2.75) is 72.1 Å². The van der Waals surface area contributed by atoms with E-state index in [0.29, 0.717) is 0 Å². The molecule has 24 heavy (non-hydrogen) atoms. The second-order valence-corrected chi connectivity index (χ2v) is 8.60. The third-order valence-corrected chi connectivity index (χ3v) is 5.98. The smallest absolute Gasteiger partial charge is 0.303 e. The number of unbranched alkanes of at least 4 members (excludes halogenated alkanes) is 6. The molecule has 0 aromatic heterocycles. The molecule has 0 spiro atoms. The number of nitrogens with one attached hydrogen (secondary N) is 3. The van der Waals surface area contributed by atoms with Crippen LogP contribution in [0.4, 0.5) is 5.69 Å². The summed E-state index contributed by atoms with van der Waals surface area (Å²) in [7, 11) is -2.80. The molecule has 0 aliphatic carbocycles. The molecule has 4 nitrogen and oxygen atoms in total. The van der Waals surface area contributed by atoms with Crippen LogP contribution in [-0.2, 0) is 4.57 Å². The maximum atomic E-state index is 13.2. The van der Waals surface area contributed by atoms with Gasteiger partial charge in [0.1, 0.15) is 0 Å². The van der Waals surface area contributed by atoms with Crippen molar-refractivity contribution >= 4 is 13.3 Å². The molecule has 5 heteroatoms. The van der Waals surface area contributed by atoms with E-state index in [1.807, 2.05) is 24.3 Å². The quantitative estimate of drug-likeness (QED) is 0.290. The first kappa shape index (κ1) is 21.2. The fourth-order valence-corrected chi connectivity index (χ4v) is 4.25. The molecule has 0 saturated heterocycles. The van der Waals surface area contributed by atoms with Gasteiger partial charge in [0.15, 0.2) is 0 Å². The van der Waals surface area contributed by atoms with E-state index in [4.69, 9.17) is 0 Å². The van der Waals surface area contributed by atoms with Gasteiger partial charge in [-0.1, -0.05) is 70.1 Å². The van der Waals surface area contributed by atoms with Crippen molar-refractivity contribution < 1.29 is 4.57 Å². The van der Waals surface area contributed by atoms with Gasteiger partial charge in [-0.2, -0.15) is 0 Å². The van der Waals surface area contributed by atoms with Crippen molar-refractivity contribution in [2.75, 3.05) is 18.2 Å². The molecule has 0 atom stereocenters. The van der Waals surface area contributed by atoms with Gasteiger partial charge in [-0.25, -0.2) is 10.2 Å². The summed E-state index contributed by atoms with van der Waals surface area (Å²) >= 11 is 0. The van der Waals surface area contributed by atoms with E-state index in [0.717, 1.165) is 31.6 Å². The van der Waals surface area contributed by atoms with Gasteiger partial charge in [0.2, 0.25) is 0 Å². The van der Waals surface area contributed by atoms with Crippen molar-refractivity contribution in [3.8, 4) is 0 Å². The summed E-state index contributed by atoms with van der Waals surface area (Å²) in [6, 6.07) is 8.04. The molecule has 1 aromatic carbocycles. The van der Waals surface area contributed by atoms with Crippen LogP contribution < -0.4 is 15.3 Å². The number of hydrogen-bond acceptors (Lipinski definition) is 1. The molecular weight excluding hydrogens is 317 g/mol. The number of hydrogen-bond donors (Lipinski definition) is 3. The first-order valence-corrected chi connectivity index (χ1v) is 11.3. The second kappa shape index (κ2) is 12.5. The molecule has 138 valence electrons. The monoisotopic (exact) mass is 353 g/mol. The standard InChI is InChI=1S/C19H36N3OP/c1-4-6-8-10-16-20-24(23,21-17-11-9-7-5-2)22-19-14-12-18(3)13-15-19/h12-15H,4-11,16-17H2,1-3H3,(H3,20,21,22,23). The van der Waals surface area contributed by atoms with E-state index in [-0.39, 0.29) is 0 Å². The minimum absolute atomic E-state index is 0.776. The first-order chi connectivity index (χ1) is 11.6. The fraction of sp³-hybridized carbons (Fsp3) is 0.684. The molecule has 1 aromatic rings. The average molecular weight is 353 g/mol. The highest BCUT2D eigenvalue weighted by Crippen LogP contribution is 2.36. The van der Waals surface area contributed by atoms with Gasteiger partial charge >= 0.3 is 7.59 Å². The fourth-order valence-electron chi connectivity index (χ4n) is 2.52. The van der Waals surface area contributed by atoms with Gasteiger partial charge in [0.25, 0.3) is 0 Å². The molecule has 0 saturated carbocycles. The van der Waals surface area contributed by atoms with Crippen LogP contribution in [0.15, 0.2) is 24.3 Å². The molecule has 0 heterocycles. The van der Waals surface area contributed by atoms with E-state index in [9.17, 15) is 4.57 Å². The number of rotatable bonds is 14. The zero-order valence-electron chi connectivity index (χ0n) is 15.7. The first-order valence-electron chi connectivity index (χ1n) is 9.55. The largest absolute Gasteiger partial charge is 0.313 e. The zero-order valence-corrected chi connectivity index (χ0v) is 16.6. The van der Waals surface area contributed by atoms with E-state index in [2.05, 4.69) is 36.0 Å². The Labute approximate surface area is 148 Å². The third-order valence-electron chi connectivity index (χ3n) is 4.07. The summed E-state index contributed by atoms with van der Waals surface area (Å²) in [6.07, 6.45) is 9.40. The predicted octanol–water partition coefficient (Wildman–Crippen LogP) is 5.85. The Kier molecular flexibility index (Phi) is 11.1. The molecule has 0 fully saturated rings. The van der Waals surface area contributed by atoms with E-state index in [1.165, 1.54) is 44.1 Å². The van der Waals surface area contributed by atoms with Crippen molar-refractivity contribution in [1.82, 2.24) is 10.2 Å². The minimum Gasteiger partial charge on any atom is -0.313 e. The SMILES string of the molecule is CCCCCCNP(=O)(NCCCCCC)Nc1ccc(C)cc1. The van der Waals surface area contributed by atoms with E-state index in [1.54, 1.807) is 0 Å². The van der Waals surface area contributed by atoms with Gasteiger partial charge in [0.05, 0.1) is 0 Å². The molecule has 0 aliphatic heterocycles. The summed E-state index contributed by atoms with van der Waals surface area (Å²) in [5.74, 6) is 0. The minimum atomic E-state index is -2.80. The highest BCUT2D eigenvalue weighted by Gasteiger charge is 2.20. The Morgan fingerprint density at radius 2 is 1.29 bits per heavy atom. The lowest BCUT2D eigenvalue weighted by atomic mass is 10.2. The summed E-state index contributed by atoms with van der Waals surface area (Å²) in [5, 5.41) is 9.68. The summed E-state index contributed by atoms with van der Waals surface area (Å²) in [5.41, 5.74) is 2.10. The lowest BCUT2D eigenvalue weighted by Crippen LogP contribution is -2.28. The zero-order chi connectivity index (χ0) is 17.7. The maximum Gasteiger partial charge on any atom is 0.303 e. The number of aryl methyl sites for hydroxylation is 1. The van der Waals surface area contributed by atoms with Gasteiger partial charge in [0, 0.05) is 18.8 Å². The molecule has 3 N–H and O–H groups in total. The topological polar surface area (TPSA) is 53.2 Å². The maximum absolute atomic E-state index is 13.2. The van der Waals surface area contributed by atoms with E-state index < -0.39 is 7.59 Å². The molecule has 0 aliphatic rings. The molecule has 0 bridgehead atoms. The predicted molar refractivity (Wildman–Crippen MR) is 107 cm³/mol. The highest BCUT2D eigenvalue weighted by molar-refractivity contribution is 7.61. The van der Waals surface area contributed by atoms with Crippen LogP contribution in [0.25, 0.3) is 0 Å². The number of benzene rings is 1. The van der Waals surface area contributed by atoms with Gasteiger partial charge in [-0.15, -0.1) is 0 Å². The van der Waals surface area contributed by atoms with Gasteiger partial charge in [-0.05, 0) is 31.9 Å². The Balaban J connectivity index is 2.52. The third kappa shape index (κ3) is 9.46. The number of anilines is 1. The van der Waals surface area contributed by atoms with Crippen LogP contribution >= 0.6 is 7.59 Å². The van der Waals surface area contributed by atoms with Crippen molar-refractivity contribution in [3.63, 3.8) is 0 Å². The highest BCUT2D eigenvalue weighted by atomic mass is 31.2. The van der Waals surface area contributed by atoms with Crippen molar-refractivity contribution in [3.05, 3.63) is 29.8 Å².